The summed E-state index contributed by atoms with van der Waals surface area (Å²) in [5.74, 6) is -0.764. The predicted octanol–water partition coefficient (Wildman–Crippen LogP) is 2.80. The molecule has 3 N–H and O–H groups in total. The first kappa shape index (κ1) is 21.7. The van der Waals surface area contributed by atoms with Gasteiger partial charge >= 0.3 is 0 Å². The number of aromatic nitrogens is 2. The third-order valence-corrected chi connectivity index (χ3v) is 6.13. The number of carbonyl (C=O) groups excluding carboxylic acids is 2. The molecule has 1 atom stereocenters. The molecule has 2 amide bonds. The highest BCUT2D eigenvalue weighted by molar-refractivity contribution is 6.05. The van der Waals surface area contributed by atoms with E-state index in [9.17, 15) is 14.4 Å². The fourth-order valence-corrected chi connectivity index (χ4v) is 4.48. The number of para-hydroxylation sites is 2. The van der Waals surface area contributed by atoms with Crippen molar-refractivity contribution in [2.75, 3.05) is 28.7 Å². The van der Waals surface area contributed by atoms with Crippen LogP contribution in [-0.4, -0.2) is 34.9 Å². The summed E-state index contributed by atoms with van der Waals surface area (Å²) in [6, 6.07) is 15.2. The Hall–Kier alpha value is -4.14. The highest BCUT2D eigenvalue weighted by Crippen LogP contribution is 2.32. The van der Waals surface area contributed by atoms with Crippen LogP contribution < -0.4 is 25.8 Å². The Morgan fingerprint density at radius 3 is 2.74 bits per heavy atom. The third-order valence-electron chi connectivity index (χ3n) is 6.13. The van der Waals surface area contributed by atoms with E-state index in [1.807, 2.05) is 24.0 Å². The number of H-pyrrole nitrogens is 1. The second-order valence-corrected chi connectivity index (χ2v) is 8.32. The summed E-state index contributed by atoms with van der Waals surface area (Å²) in [5.41, 5.74) is 2.65. The molecule has 0 unspecified atom stereocenters. The Morgan fingerprint density at radius 2 is 1.91 bits per heavy atom. The molecule has 0 saturated heterocycles. The van der Waals surface area contributed by atoms with Gasteiger partial charge in [0.25, 0.3) is 5.56 Å². The third kappa shape index (κ3) is 4.12. The van der Waals surface area contributed by atoms with Crippen LogP contribution in [0.3, 0.4) is 0 Å². The SMILES string of the molecule is CCOc1ccccc1NC(=O)[C@@H]1CC(=O)Nc2nc(N3CCc4ccccc4C3)[nH]c(=O)c21. The van der Waals surface area contributed by atoms with Crippen LogP contribution in [0.1, 0.15) is 36.0 Å². The van der Waals surface area contributed by atoms with Gasteiger partial charge in [-0.25, -0.2) is 0 Å². The number of hydrogen-bond donors (Lipinski definition) is 3. The monoisotopic (exact) mass is 459 g/mol. The van der Waals surface area contributed by atoms with Crippen LogP contribution in [0.4, 0.5) is 17.5 Å². The smallest absolute Gasteiger partial charge is 0.258 e. The largest absolute Gasteiger partial charge is 0.492 e. The maximum atomic E-state index is 13.2. The number of rotatable bonds is 5. The molecular weight excluding hydrogens is 434 g/mol. The minimum absolute atomic E-state index is 0.132. The number of hydrogen-bond acceptors (Lipinski definition) is 6. The Kier molecular flexibility index (Phi) is 5.75. The molecule has 0 bridgehead atoms. The minimum atomic E-state index is -0.967. The van der Waals surface area contributed by atoms with Crippen molar-refractivity contribution in [2.24, 2.45) is 0 Å². The zero-order chi connectivity index (χ0) is 23.7. The van der Waals surface area contributed by atoms with Crippen LogP contribution in [0.25, 0.3) is 0 Å². The van der Waals surface area contributed by atoms with E-state index in [0.717, 1.165) is 6.42 Å². The molecule has 34 heavy (non-hydrogen) atoms. The maximum Gasteiger partial charge on any atom is 0.258 e. The summed E-state index contributed by atoms with van der Waals surface area (Å²) in [6.45, 7) is 3.58. The number of carbonyl (C=O) groups is 2. The van der Waals surface area contributed by atoms with E-state index in [1.165, 1.54) is 11.1 Å². The van der Waals surface area contributed by atoms with E-state index < -0.39 is 17.4 Å². The quantitative estimate of drug-likeness (QED) is 0.540. The summed E-state index contributed by atoms with van der Waals surface area (Å²) >= 11 is 0. The molecule has 0 fully saturated rings. The van der Waals surface area contributed by atoms with Gasteiger partial charge in [-0.3, -0.25) is 19.4 Å². The molecule has 0 radical (unpaired) electrons. The summed E-state index contributed by atoms with van der Waals surface area (Å²) < 4.78 is 5.57. The number of nitrogens with one attached hydrogen (secondary N) is 3. The van der Waals surface area contributed by atoms with Gasteiger partial charge < -0.3 is 20.3 Å². The number of fused-ring (bicyclic) bond motifs is 2. The van der Waals surface area contributed by atoms with Gasteiger partial charge in [0.15, 0.2) is 0 Å². The van der Waals surface area contributed by atoms with E-state index in [-0.39, 0.29) is 23.7 Å². The standard InChI is InChI=1S/C25H25N5O4/c1-2-34-19-10-6-5-9-18(19)26-23(32)17-13-20(31)27-22-21(17)24(33)29-25(28-22)30-12-11-15-7-3-4-8-16(15)14-30/h3-10,17H,2,11-14H2,1H3,(H,26,32)(H2,27,28,29,31,33)/t17-/m1/s1. The summed E-state index contributed by atoms with van der Waals surface area (Å²) in [6.07, 6.45) is 0.685. The Morgan fingerprint density at radius 1 is 1.15 bits per heavy atom. The van der Waals surface area contributed by atoms with Crippen molar-refractivity contribution in [1.29, 1.82) is 0 Å². The van der Waals surface area contributed by atoms with Crippen molar-refractivity contribution in [1.82, 2.24) is 9.97 Å². The molecule has 0 saturated carbocycles. The van der Waals surface area contributed by atoms with Gasteiger partial charge in [0.1, 0.15) is 11.6 Å². The van der Waals surface area contributed by atoms with Gasteiger partial charge in [0, 0.05) is 19.5 Å². The number of ether oxygens (including phenoxy) is 1. The molecular formula is C25H25N5O4. The Labute approximate surface area is 196 Å². The lowest BCUT2D eigenvalue weighted by Gasteiger charge is -2.30. The van der Waals surface area contributed by atoms with Crippen molar-refractivity contribution in [3.63, 3.8) is 0 Å². The van der Waals surface area contributed by atoms with Gasteiger partial charge in [0.2, 0.25) is 17.8 Å². The molecule has 174 valence electrons. The number of anilines is 3. The number of aromatic amines is 1. The van der Waals surface area contributed by atoms with Gasteiger partial charge in [-0.1, -0.05) is 36.4 Å². The fourth-order valence-electron chi connectivity index (χ4n) is 4.48. The highest BCUT2D eigenvalue weighted by Gasteiger charge is 2.35. The Bertz CT molecular complexity index is 1320. The molecule has 3 aromatic rings. The molecule has 3 heterocycles. The van der Waals surface area contributed by atoms with Gasteiger partial charge in [-0.15, -0.1) is 0 Å². The zero-order valence-corrected chi connectivity index (χ0v) is 18.8. The Balaban J connectivity index is 1.44. The topological polar surface area (TPSA) is 116 Å². The first-order chi connectivity index (χ1) is 16.5. The molecule has 9 heteroatoms. The lowest BCUT2D eigenvalue weighted by molar-refractivity contribution is -0.123. The van der Waals surface area contributed by atoms with E-state index in [2.05, 4.69) is 32.7 Å². The molecule has 5 rings (SSSR count). The van der Waals surface area contributed by atoms with Crippen molar-refractivity contribution in [3.05, 3.63) is 75.6 Å². The second-order valence-electron chi connectivity index (χ2n) is 8.32. The maximum absolute atomic E-state index is 13.2. The molecule has 2 aliphatic rings. The lowest BCUT2D eigenvalue weighted by atomic mass is 9.92. The van der Waals surface area contributed by atoms with E-state index in [0.29, 0.717) is 37.1 Å². The lowest BCUT2D eigenvalue weighted by Crippen LogP contribution is -2.39. The van der Waals surface area contributed by atoms with Crippen molar-refractivity contribution in [2.45, 2.75) is 32.2 Å². The van der Waals surface area contributed by atoms with Gasteiger partial charge in [-0.2, -0.15) is 4.98 Å². The first-order valence-electron chi connectivity index (χ1n) is 11.3. The molecule has 2 aromatic carbocycles. The number of amides is 2. The average molecular weight is 460 g/mol. The minimum Gasteiger partial charge on any atom is -0.492 e. The van der Waals surface area contributed by atoms with Crippen molar-refractivity contribution < 1.29 is 14.3 Å². The van der Waals surface area contributed by atoms with E-state index in [1.54, 1.807) is 24.3 Å². The highest BCUT2D eigenvalue weighted by atomic mass is 16.5. The van der Waals surface area contributed by atoms with Crippen LogP contribution in [0.15, 0.2) is 53.3 Å². The summed E-state index contributed by atoms with van der Waals surface area (Å²) in [7, 11) is 0. The van der Waals surface area contributed by atoms with E-state index >= 15 is 0 Å². The van der Waals surface area contributed by atoms with Crippen LogP contribution >= 0.6 is 0 Å². The fraction of sp³-hybridized carbons (Fsp3) is 0.280. The van der Waals surface area contributed by atoms with Crippen LogP contribution in [0.5, 0.6) is 5.75 Å². The zero-order valence-electron chi connectivity index (χ0n) is 18.8. The average Bonchev–Trinajstić information content (AvgIpc) is 2.84. The van der Waals surface area contributed by atoms with Crippen LogP contribution in [0, 0.1) is 0 Å². The van der Waals surface area contributed by atoms with Gasteiger partial charge in [-0.05, 0) is 36.6 Å². The van der Waals surface area contributed by atoms with E-state index in [4.69, 9.17) is 4.74 Å². The molecule has 1 aromatic heterocycles. The summed E-state index contributed by atoms with van der Waals surface area (Å²) in [4.78, 5) is 48.1. The van der Waals surface area contributed by atoms with Gasteiger partial charge in [0.05, 0.1) is 23.8 Å². The first-order valence-corrected chi connectivity index (χ1v) is 11.3. The number of nitrogens with zero attached hydrogens (tertiary/aromatic N) is 2. The normalized spacial score (nSPS) is 16.8. The predicted molar refractivity (Wildman–Crippen MR) is 128 cm³/mol. The molecule has 9 nitrogen and oxygen atoms in total. The number of benzene rings is 2. The van der Waals surface area contributed by atoms with Crippen LogP contribution in [-0.2, 0) is 22.6 Å². The molecule has 0 aliphatic carbocycles. The van der Waals surface area contributed by atoms with Crippen molar-refractivity contribution in [3.8, 4) is 5.75 Å². The summed E-state index contributed by atoms with van der Waals surface area (Å²) in [5, 5.41) is 5.49. The molecule has 2 aliphatic heterocycles. The second kappa shape index (κ2) is 9.01. The molecule has 0 spiro atoms. The van der Waals surface area contributed by atoms with Crippen molar-refractivity contribution >= 4 is 29.3 Å². The van der Waals surface area contributed by atoms with Crippen LogP contribution in [0.2, 0.25) is 0 Å².